The van der Waals surface area contributed by atoms with Gasteiger partial charge in [0.1, 0.15) is 23.6 Å². The predicted octanol–water partition coefficient (Wildman–Crippen LogP) is 7.45. The lowest BCUT2D eigenvalue weighted by molar-refractivity contribution is -0.303. The van der Waals surface area contributed by atoms with Gasteiger partial charge in [-0.05, 0) is 106 Å². The first kappa shape index (κ1) is 45.0. The minimum atomic E-state index is -1.69. The Morgan fingerprint density at radius 3 is 2.26 bits per heavy atom. The summed E-state index contributed by atoms with van der Waals surface area (Å²) in [5, 5.41) is 45.8. The average Bonchev–Trinajstić information content (AvgIpc) is 3.45. The number of rotatable bonds is 18. The van der Waals surface area contributed by atoms with Crippen molar-refractivity contribution in [3.63, 3.8) is 0 Å². The molecule has 0 bridgehead atoms. The van der Waals surface area contributed by atoms with Crippen LogP contribution in [0.1, 0.15) is 147 Å². The summed E-state index contributed by atoms with van der Waals surface area (Å²) in [6.07, 6.45) is 12.3. The summed E-state index contributed by atoms with van der Waals surface area (Å²) in [6.45, 7) is 8.42. The first-order valence-electron chi connectivity index (χ1n) is 22.5. The zero-order chi connectivity index (χ0) is 41.7. The molecule has 6 rings (SSSR count). The standard InChI is InChI=1S/C47H72O11/c1-6-7-8-9-10-11-12-13-14-15-26-55-42(51)30(2)47(53)39(28-37-35-21-18-32-27-33(48)22-24-45(32,3)36(35)23-25-46(37,47)4)57-44-41(40(50)38(49)29-56-44)58-43(52)31-16-19-34(54-5)20-17-31/h16-20,30,33,35-41,44,48-50,53H,6-15,21-29H2,1-5H3/t30-,33+,35-,36+,37+,38+,39+,40+,41-,44+,45+,46+,47-/m1/s1. The van der Waals surface area contributed by atoms with Crippen LogP contribution in [0.4, 0.5) is 0 Å². The van der Waals surface area contributed by atoms with Crippen LogP contribution >= 0.6 is 0 Å². The zero-order valence-electron chi connectivity index (χ0n) is 35.7. The summed E-state index contributed by atoms with van der Waals surface area (Å²) in [7, 11) is 1.52. The minimum Gasteiger partial charge on any atom is -0.497 e. The molecule has 1 heterocycles. The molecule has 1 aromatic rings. The lowest BCUT2D eigenvalue weighted by Crippen LogP contribution is -2.63. The second-order valence-corrected chi connectivity index (χ2v) is 18.7. The molecule has 11 nitrogen and oxygen atoms in total. The molecule has 0 amide bonds. The normalized spacial score (nSPS) is 37.5. The third-order valence-corrected chi connectivity index (χ3v) is 15.4. The number of carbonyl (C=O) groups excluding carboxylic acids is 2. The molecule has 0 spiro atoms. The molecule has 0 unspecified atom stereocenters. The number of esters is 2. The first-order valence-corrected chi connectivity index (χ1v) is 22.5. The molecule has 3 saturated carbocycles. The molecule has 326 valence electrons. The van der Waals surface area contributed by atoms with Crippen molar-refractivity contribution in [3.05, 3.63) is 41.5 Å². The fourth-order valence-electron chi connectivity index (χ4n) is 11.8. The molecule has 4 aliphatic carbocycles. The van der Waals surface area contributed by atoms with Crippen molar-refractivity contribution >= 4 is 11.9 Å². The fourth-order valence-corrected chi connectivity index (χ4v) is 11.8. The lowest BCUT2D eigenvalue weighted by atomic mass is 9.46. The predicted molar refractivity (Wildman–Crippen MR) is 219 cm³/mol. The third-order valence-electron chi connectivity index (χ3n) is 15.4. The van der Waals surface area contributed by atoms with Crippen molar-refractivity contribution in [2.75, 3.05) is 20.3 Å². The van der Waals surface area contributed by atoms with Gasteiger partial charge in [-0.2, -0.15) is 0 Å². The maximum atomic E-state index is 14.1. The SMILES string of the molecule is CCCCCCCCCCCCOC(=O)[C@@H](C)[C@@]1(O)[C@@H](O[C@@H]2OC[C@H](O)[C@H](O)[C@H]2OC(=O)c2ccc(OC)cc2)C[C@H]2[C@@H]3CC=C4C[C@@H](O)CC[C@]4(C)[C@H]3CC[C@@]21C. The molecule has 4 fully saturated rings. The summed E-state index contributed by atoms with van der Waals surface area (Å²) in [6, 6.07) is 6.33. The van der Waals surface area contributed by atoms with Crippen LogP contribution in [0.2, 0.25) is 0 Å². The Bertz CT molecular complexity index is 1550. The molecule has 5 aliphatic rings. The van der Waals surface area contributed by atoms with Gasteiger partial charge < -0.3 is 44.1 Å². The Morgan fingerprint density at radius 2 is 1.59 bits per heavy atom. The minimum absolute atomic E-state index is 0.0284. The van der Waals surface area contributed by atoms with Gasteiger partial charge in [0.15, 0.2) is 12.4 Å². The van der Waals surface area contributed by atoms with Crippen molar-refractivity contribution in [3.8, 4) is 5.75 Å². The molecule has 1 aromatic carbocycles. The first-order chi connectivity index (χ1) is 27.8. The summed E-state index contributed by atoms with van der Waals surface area (Å²) in [5.41, 5.74) is -0.938. The molecular formula is C47H72O11. The van der Waals surface area contributed by atoms with E-state index in [1.54, 1.807) is 31.2 Å². The van der Waals surface area contributed by atoms with Gasteiger partial charge >= 0.3 is 11.9 Å². The Labute approximate surface area is 346 Å². The number of methoxy groups -OCH3 is 1. The zero-order valence-corrected chi connectivity index (χ0v) is 35.7. The lowest BCUT2D eigenvalue weighted by Gasteiger charge is -2.59. The average molecular weight is 813 g/mol. The van der Waals surface area contributed by atoms with Gasteiger partial charge in [-0.15, -0.1) is 0 Å². The van der Waals surface area contributed by atoms with Crippen LogP contribution in [-0.2, 0) is 23.7 Å². The number of hydrogen-bond donors (Lipinski definition) is 4. The largest absolute Gasteiger partial charge is 0.497 e. The van der Waals surface area contributed by atoms with E-state index in [0.717, 1.165) is 44.9 Å². The molecule has 0 radical (unpaired) electrons. The number of unbranched alkanes of at least 4 members (excludes halogenated alkanes) is 9. The quantitative estimate of drug-likeness (QED) is 0.0662. The van der Waals surface area contributed by atoms with E-state index in [-0.39, 0.29) is 42.1 Å². The fraction of sp³-hybridized carbons (Fsp3) is 0.787. The van der Waals surface area contributed by atoms with Crippen molar-refractivity contribution in [2.45, 2.75) is 179 Å². The molecule has 13 atom stereocenters. The third kappa shape index (κ3) is 9.06. The molecule has 58 heavy (non-hydrogen) atoms. The van der Waals surface area contributed by atoms with Crippen LogP contribution in [0.3, 0.4) is 0 Å². The van der Waals surface area contributed by atoms with Gasteiger partial charge in [-0.25, -0.2) is 4.79 Å². The molecule has 11 heteroatoms. The number of aliphatic hydroxyl groups is 4. The molecular weight excluding hydrogens is 741 g/mol. The Hall–Kier alpha value is -2.54. The maximum absolute atomic E-state index is 14.1. The van der Waals surface area contributed by atoms with Gasteiger partial charge in [0.25, 0.3) is 0 Å². The molecule has 1 saturated heterocycles. The number of benzene rings is 1. The summed E-state index contributed by atoms with van der Waals surface area (Å²) >= 11 is 0. The number of aliphatic hydroxyl groups excluding tert-OH is 3. The maximum Gasteiger partial charge on any atom is 0.338 e. The van der Waals surface area contributed by atoms with Crippen molar-refractivity contribution in [2.24, 2.45) is 34.5 Å². The van der Waals surface area contributed by atoms with Crippen molar-refractivity contribution in [1.29, 1.82) is 0 Å². The van der Waals surface area contributed by atoms with Crippen molar-refractivity contribution in [1.82, 2.24) is 0 Å². The van der Waals surface area contributed by atoms with Crippen LogP contribution in [0.15, 0.2) is 35.9 Å². The van der Waals surface area contributed by atoms with Gasteiger partial charge in [-0.1, -0.05) is 90.2 Å². The van der Waals surface area contributed by atoms with Gasteiger partial charge in [0, 0.05) is 5.41 Å². The highest BCUT2D eigenvalue weighted by Gasteiger charge is 2.71. The molecule has 4 N–H and O–H groups in total. The highest BCUT2D eigenvalue weighted by Crippen LogP contribution is 2.69. The van der Waals surface area contributed by atoms with E-state index in [9.17, 15) is 30.0 Å². The van der Waals surface area contributed by atoms with Gasteiger partial charge in [0.2, 0.25) is 0 Å². The van der Waals surface area contributed by atoms with E-state index in [1.807, 2.05) is 0 Å². The Kier molecular flexibility index (Phi) is 15.1. The van der Waals surface area contributed by atoms with Crippen LogP contribution in [0, 0.1) is 34.5 Å². The number of ether oxygens (including phenoxy) is 5. The van der Waals surface area contributed by atoms with E-state index < -0.39 is 59.6 Å². The summed E-state index contributed by atoms with van der Waals surface area (Å²) in [5.74, 6) is -1.09. The molecule has 0 aromatic heterocycles. The monoisotopic (exact) mass is 813 g/mol. The smallest absolute Gasteiger partial charge is 0.338 e. The van der Waals surface area contributed by atoms with Crippen LogP contribution in [0.25, 0.3) is 0 Å². The van der Waals surface area contributed by atoms with E-state index in [1.165, 1.54) is 57.6 Å². The number of allylic oxidation sites excluding steroid dienone is 1. The van der Waals surface area contributed by atoms with E-state index in [4.69, 9.17) is 23.7 Å². The van der Waals surface area contributed by atoms with E-state index in [0.29, 0.717) is 30.9 Å². The highest BCUT2D eigenvalue weighted by atomic mass is 16.7. The highest BCUT2D eigenvalue weighted by molar-refractivity contribution is 5.89. The second kappa shape index (κ2) is 19.4. The summed E-state index contributed by atoms with van der Waals surface area (Å²) in [4.78, 5) is 27.5. The Balaban J connectivity index is 1.20. The van der Waals surface area contributed by atoms with Crippen LogP contribution in [-0.4, -0.2) is 95.1 Å². The van der Waals surface area contributed by atoms with Crippen molar-refractivity contribution < 1.29 is 53.7 Å². The van der Waals surface area contributed by atoms with E-state index in [2.05, 4.69) is 26.8 Å². The summed E-state index contributed by atoms with van der Waals surface area (Å²) < 4.78 is 29.7. The number of carbonyl (C=O) groups is 2. The van der Waals surface area contributed by atoms with Gasteiger partial charge in [-0.3, -0.25) is 4.79 Å². The number of hydrogen-bond acceptors (Lipinski definition) is 11. The van der Waals surface area contributed by atoms with Crippen LogP contribution < -0.4 is 4.74 Å². The topological polar surface area (TPSA) is 161 Å². The molecule has 1 aliphatic heterocycles. The van der Waals surface area contributed by atoms with Crippen LogP contribution in [0.5, 0.6) is 5.75 Å². The number of fused-ring (bicyclic) bond motifs is 5. The van der Waals surface area contributed by atoms with Gasteiger partial charge in [0.05, 0.1) is 44.0 Å². The van der Waals surface area contributed by atoms with E-state index >= 15 is 0 Å². The Morgan fingerprint density at radius 1 is 0.914 bits per heavy atom. The second-order valence-electron chi connectivity index (χ2n) is 18.7.